The Labute approximate surface area is 199 Å². The molecule has 0 aliphatic rings. The highest BCUT2D eigenvalue weighted by atomic mass is 19.4. The number of alkyl halides is 6. The average Bonchev–Trinajstić information content (AvgIpc) is 3.42. The highest BCUT2D eigenvalue weighted by molar-refractivity contribution is 6.22. The first-order chi connectivity index (χ1) is 16.9. The molecule has 2 aromatic carbocycles. The van der Waals surface area contributed by atoms with Gasteiger partial charge >= 0.3 is 12.4 Å². The Balaban J connectivity index is 2.02. The molecule has 4 rings (SSSR count). The molecule has 2 N–H and O–H groups in total. The van der Waals surface area contributed by atoms with Gasteiger partial charge in [-0.2, -0.15) is 31.4 Å². The number of hydrogen-bond donors (Lipinski definition) is 1. The van der Waals surface area contributed by atoms with Crippen LogP contribution in [0.1, 0.15) is 16.7 Å². The van der Waals surface area contributed by atoms with Crippen LogP contribution in [-0.4, -0.2) is 30.5 Å². The molecule has 1 amide bonds. The summed E-state index contributed by atoms with van der Waals surface area (Å²) in [6.45, 7) is 0. The summed E-state index contributed by atoms with van der Waals surface area (Å²) < 4.78 is 84.4. The van der Waals surface area contributed by atoms with Crippen LogP contribution < -0.4 is 5.73 Å². The van der Waals surface area contributed by atoms with Crippen LogP contribution in [0.4, 0.5) is 26.3 Å². The third-order valence-electron chi connectivity index (χ3n) is 5.11. The molecule has 7 nitrogen and oxygen atoms in total. The molecular weight excluding hydrogens is 490 g/mol. The smallest absolute Gasteiger partial charge is 0.366 e. The fourth-order valence-electron chi connectivity index (χ4n) is 3.52. The first-order valence-corrected chi connectivity index (χ1v) is 10.2. The molecule has 2 aromatic heterocycles. The maximum atomic E-state index is 13.8. The third-order valence-corrected chi connectivity index (χ3v) is 5.11. The second kappa shape index (κ2) is 8.98. The molecule has 0 radical (unpaired) electrons. The summed E-state index contributed by atoms with van der Waals surface area (Å²) in [6, 6.07) is 8.76. The van der Waals surface area contributed by atoms with Crippen LogP contribution in [0.3, 0.4) is 0 Å². The van der Waals surface area contributed by atoms with Gasteiger partial charge in [-0.25, -0.2) is 9.67 Å². The van der Waals surface area contributed by atoms with Crippen molar-refractivity contribution < 1.29 is 31.1 Å². The van der Waals surface area contributed by atoms with Crippen molar-refractivity contribution in [2.75, 3.05) is 0 Å². The number of carbonyl (C=O) groups is 1. The quantitative estimate of drug-likeness (QED) is 0.309. The van der Waals surface area contributed by atoms with Gasteiger partial charge in [0.1, 0.15) is 0 Å². The molecule has 0 atom stereocenters. The number of hydrogen-bond acceptors (Lipinski definition) is 4. The molecule has 186 valence electrons. The number of carbonyl (C=O) groups excluding carboxylic acids is 1. The lowest BCUT2D eigenvalue weighted by molar-refractivity contribution is -0.137. The Morgan fingerprint density at radius 1 is 0.917 bits per heavy atom. The molecule has 4 aromatic rings. The normalized spacial score (nSPS) is 12.7. The number of aromatic nitrogens is 5. The molecule has 0 bridgehead atoms. The number of amides is 1. The summed E-state index contributed by atoms with van der Waals surface area (Å²) in [5.41, 5.74) is 2.41. The minimum atomic E-state index is -4.81. The minimum absolute atomic E-state index is 0.200. The first kappa shape index (κ1) is 24.7. The van der Waals surface area contributed by atoms with E-state index in [4.69, 9.17) is 5.73 Å². The van der Waals surface area contributed by atoms with Crippen molar-refractivity contribution in [2.24, 2.45) is 12.8 Å². The largest absolute Gasteiger partial charge is 0.417 e. The maximum absolute atomic E-state index is 13.8. The summed E-state index contributed by atoms with van der Waals surface area (Å²) in [5.74, 6) is -1.91. The summed E-state index contributed by atoms with van der Waals surface area (Å²) in [5, 5.41) is 7.96. The van der Waals surface area contributed by atoms with Gasteiger partial charge in [0.2, 0.25) is 0 Å². The Morgan fingerprint density at radius 2 is 1.47 bits per heavy atom. The van der Waals surface area contributed by atoms with Crippen LogP contribution in [0, 0.1) is 0 Å². The van der Waals surface area contributed by atoms with Gasteiger partial charge in [0.25, 0.3) is 5.91 Å². The summed E-state index contributed by atoms with van der Waals surface area (Å²) in [4.78, 5) is 16.2. The summed E-state index contributed by atoms with van der Waals surface area (Å²) >= 11 is 0. The monoisotopic (exact) mass is 506 g/mol. The van der Waals surface area contributed by atoms with Crippen LogP contribution in [0.2, 0.25) is 0 Å². The lowest BCUT2D eigenvalue weighted by Crippen LogP contribution is -2.14. The highest BCUT2D eigenvalue weighted by Gasteiger charge is 2.37. The Bertz CT molecular complexity index is 1460. The molecule has 0 aliphatic heterocycles. The van der Waals surface area contributed by atoms with Gasteiger partial charge in [0.15, 0.2) is 11.6 Å². The zero-order valence-corrected chi connectivity index (χ0v) is 18.3. The van der Waals surface area contributed by atoms with Gasteiger partial charge < -0.3 is 5.73 Å². The van der Waals surface area contributed by atoms with E-state index in [0.717, 1.165) is 47.3 Å². The van der Waals surface area contributed by atoms with Crippen molar-refractivity contribution in [1.29, 1.82) is 0 Å². The molecule has 0 spiro atoms. The third kappa shape index (κ3) is 4.85. The van der Waals surface area contributed by atoms with E-state index < -0.39 is 52.2 Å². The van der Waals surface area contributed by atoms with E-state index in [2.05, 4.69) is 15.2 Å². The summed E-state index contributed by atoms with van der Waals surface area (Å²) in [6.07, 6.45) is -5.87. The summed E-state index contributed by atoms with van der Waals surface area (Å²) in [7, 11) is 1.56. The van der Waals surface area contributed by atoms with Gasteiger partial charge in [0, 0.05) is 36.1 Å². The van der Waals surface area contributed by atoms with Crippen molar-refractivity contribution in [1.82, 2.24) is 24.5 Å². The SMILES string of the molecule is Cn1cc(/C(=C\n2nc(-c3ccccc3C(F)(F)F)nc2-c2ccccc2C(F)(F)F)C(N)=O)cn1. The molecule has 0 aliphatic carbocycles. The highest BCUT2D eigenvalue weighted by Crippen LogP contribution is 2.39. The van der Waals surface area contributed by atoms with E-state index in [1.807, 2.05) is 0 Å². The van der Waals surface area contributed by atoms with E-state index in [1.54, 1.807) is 7.05 Å². The van der Waals surface area contributed by atoms with E-state index >= 15 is 0 Å². The van der Waals surface area contributed by atoms with Crippen LogP contribution in [0.15, 0.2) is 60.9 Å². The van der Waals surface area contributed by atoms with Crippen LogP contribution in [-0.2, 0) is 24.2 Å². The number of nitrogens with zero attached hydrogens (tertiary/aromatic N) is 5. The number of primary amides is 1. The van der Waals surface area contributed by atoms with Crippen molar-refractivity contribution in [3.63, 3.8) is 0 Å². The fourth-order valence-corrected chi connectivity index (χ4v) is 3.52. The van der Waals surface area contributed by atoms with Crippen LogP contribution >= 0.6 is 0 Å². The molecular formula is C23H16F6N6O. The first-order valence-electron chi connectivity index (χ1n) is 10.2. The Hall–Kier alpha value is -4.42. The zero-order chi connectivity index (χ0) is 26.3. The maximum Gasteiger partial charge on any atom is 0.417 e. The van der Waals surface area contributed by atoms with Crippen molar-refractivity contribution in [3.05, 3.63) is 77.6 Å². The van der Waals surface area contributed by atoms with E-state index in [0.29, 0.717) is 0 Å². The van der Waals surface area contributed by atoms with Crippen molar-refractivity contribution in [3.8, 4) is 22.8 Å². The predicted octanol–water partition coefficient (Wildman–Crippen LogP) is 4.87. The standard InChI is InChI=1S/C23H16F6N6O/c1-34-11-13(10-31-34)16(19(30)36)12-35-21(15-7-3-5-9-18(15)23(27,28)29)32-20(33-35)14-6-2-4-8-17(14)22(24,25)26/h2-12H,1H3,(H2,30,36)/b16-12+. The number of nitrogens with two attached hydrogens (primary N) is 1. The van der Waals surface area contributed by atoms with Gasteiger partial charge in [-0.05, 0) is 12.1 Å². The Kier molecular flexibility index (Phi) is 6.16. The van der Waals surface area contributed by atoms with E-state index in [1.165, 1.54) is 29.2 Å². The van der Waals surface area contributed by atoms with Crippen LogP contribution in [0.25, 0.3) is 34.5 Å². The van der Waals surface area contributed by atoms with E-state index in [-0.39, 0.29) is 11.1 Å². The van der Waals surface area contributed by atoms with Crippen molar-refractivity contribution in [2.45, 2.75) is 12.4 Å². The molecule has 0 fully saturated rings. The predicted molar refractivity (Wildman–Crippen MR) is 117 cm³/mol. The molecule has 2 heterocycles. The minimum Gasteiger partial charge on any atom is -0.366 e. The number of benzene rings is 2. The zero-order valence-electron chi connectivity index (χ0n) is 18.3. The van der Waals surface area contributed by atoms with Crippen LogP contribution in [0.5, 0.6) is 0 Å². The fraction of sp³-hybridized carbons (Fsp3) is 0.130. The molecule has 0 saturated carbocycles. The Morgan fingerprint density at radius 3 is 2.00 bits per heavy atom. The number of halogens is 6. The molecule has 36 heavy (non-hydrogen) atoms. The lowest BCUT2D eigenvalue weighted by atomic mass is 10.1. The number of rotatable bonds is 5. The van der Waals surface area contributed by atoms with Gasteiger partial charge in [-0.3, -0.25) is 9.48 Å². The van der Waals surface area contributed by atoms with Gasteiger partial charge in [-0.15, -0.1) is 5.10 Å². The molecule has 0 unspecified atom stereocenters. The number of aryl methyl sites for hydroxylation is 1. The average molecular weight is 506 g/mol. The van der Waals surface area contributed by atoms with Gasteiger partial charge in [0.05, 0.1) is 22.9 Å². The second-order valence-electron chi connectivity index (χ2n) is 7.60. The second-order valence-corrected chi connectivity index (χ2v) is 7.60. The van der Waals surface area contributed by atoms with Crippen molar-refractivity contribution >= 4 is 17.7 Å². The topological polar surface area (TPSA) is 91.6 Å². The molecule has 13 heteroatoms. The van der Waals surface area contributed by atoms with E-state index in [9.17, 15) is 31.1 Å². The van der Waals surface area contributed by atoms with Gasteiger partial charge in [-0.1, -0.05) is 36.4 Å². The lowest BCUT2D eigenvalue weighted by Gasteiger charge is -2.12. The molecule has 0 saturated heterocycles.